The van der Waals surface area contributed by atoms with Gasteiger partial charge in [-0.1, -0.05) is 17.7 Å². The Balaban J connectivity index is 1.57. The molecule has 42 heavy (non-hydrogen) atoms. The number of anilines is 1. The lowest BCUT2D eigenvalue weighted by atomic mass is 9.56. The average Bonchev–Trinajstić information content (AvgIpc) is 3.28. The van der Waals surface area contributed by atoms with Crippen molar-refractivity contribution in [2.75, 3.05) is 12.0 Å². The quantitative estimate of drug-likeness (QED) is 0.299. The van der Waals surface area contributed by atoms with Crippen molar-refractivity contribution in [3.63, 3.8) is 0 Å². The number of methoxy groups -OCH3 is 1. The second kappa shape index (κ2) is 9.28. The molecule has 6 unspecified atom stereocenters. The number of halogens is 3. The number of imide groups is 2. The van der Waals surface area contributed by atoms with E-state index in [2.05, 4.69) is 0 Å². The van der Waals surface area contributed by atoms with Crippen LogP contribution in [0.1, 0.15) is 45.1 Å². The summed E-state index contributed by atoms with van der Waals surface area (Å²) in [5.41, 5.74) is 0.390. The summed E-state index contributed by atoms with van der Waals surface area (Å²) >= 11 is 14.6. The van der Waals surface area contributed by atoms with Gasteiger partial charge in [0.2, 0.25) is 11.8 Å². The molecule has 1 N–H and O–H groups in total. The normalized spacial score (nSPS) is 32.5. The van der Waals surface area contributed by atoms with Crippen molar-refractivity contribution in [2.24, 2.45) is 17.8 Å². The van der Waals surface area contributed by atoms with Crippen LogP contribution in [0.2, 0.25) is 0 Å². The van der Waals surface area contributed by atoms with Gasteiger partial charge in [-0.05, 0) is 81.5 Å². The van der Waals surface area contributed by atoms with Crippen molar-refractivity contribution in [3.8, 4) is 11.5 Å². The molecule has 2 aromatic rings. The van der Waals surface area contributed by atoms with Crippen molar-refractivity contribution in [1.29, 1.82) is 0 Å². The Hall–Kier alpha value is -3.43. The number of hydrogen-bond acceptors (Lipinski definition) is 6. The second-order valence-electron chi connectivity index (χ2n) is 12.4. The van der Waals surface area contributed by atoms with E-state index >= 15 is 0 Å². The molecule has 6 rings (SSSR count). The van der Waals surface area contributed by atoms with Crippen molar-refractivity contribution >= 4 is 52.5 Å². The predicted octanol–water partition coefficient (Wildman–Crippen LogP) is 4.90. The number of carbonyl (C=O) groups excluding carboxylic acids is 4. The lowest BCUT2D eigenvalue weighted by Crippen LogP contribution is -2.60. The van der Waals surface area contributed by atoms with E-state index in [9.17, 15) is 28.7 Å². The summed E-state index contributed by atoms with van der Waals surface area (Å²) in [4.78, 5) is 54.0. The highest BCUT2D eigenvalue weighted by Crippen LogP contribution is 2.66. The molecule has 0 spiro atoms. The molecule has 0 bridgehead atoms. The molecule has 0 aromatic heterocycles. The van der Waals surface area contributed by atoms with Crippen LogP contribution in [0.4, 0.5) is 10.1 Å². The average molecular weight is 615 g/mol. The summed E-state index contributed by atoms with van der Waals surface area (Å²) in [6, 6.07) is 9.33. The zero-order valence-corrected chi connectivity index (χ0v) is 24.9. The summed E-state index contributed by atoms with van der Waals surface area (Å²) in [5.74, 6) is -5.99. The molecule has 2 aromatic carbocycles. The van der Waals surface area contributed by atoms with Crippen LogP contribution in [0, 0.1) is 23.6 Å². The number of phenols is 1. The number of fused-ring (bicyclic) bond motifs is 4. The lowest BCUT2D eigenvalue weighted by Gasteiger charge is -2.50. The van der Waals surface area contributed by atoms with Crippen LogP contribution in [0.5, 0.6) is 11.5 Å². The zero-order chi connectivity index (χ0) is 30.5. The molecule has 1 saturated carbocycles. The molecule has 2 aliphatic carbocycles. The van der Waals surface area contributed by atoms with Gasteiger partial charge in [-0.25, -0.2) is 9.29 Å². The third-order valence-corrected chi connectivity index (χ3v) is 10.5. The number of alkyl halides is 2. The molecule has 8 nitrogen and oxygen atoms in total. The van der Waals surface area contributed by atoms with Crippen molar-refractivity contribution in [3.05, 3.63) is 65.5 Å². The predicted molar refractivity (Wildman–Crippen MR) is 153 cm³/mol. The Morgan fingerprint density at radius 1 is 0.976 bits per heavy atom. The largest absolute Gasteiger partial charge is 0.504 e. The van der Waals surface area contributed by atoms with Crippen LogP contribution < -0.4 is 9.64 Å². The number of hydrogen-bond donors (Lipinski definition) is 1. The van der Waals surface area contributed by atoms with Crippen LogP contribution in [0.15, 0.2) is 54.1 Å². The zero-order valence-electron chi connectivity index (χ0n) is 23.4. The highest BCUT2D eigenvalue weighted by Gasteiger charge is 2.76. The molecule has 4 aliphatic rings. The summed E-state index contributed by atoms with van der Waals surface area (Å²) in [6.45, 7) is 5.36. The number of nitrogens with zero attached hydrogens (tertiary/aromatic N) is 2. The fourth-order valence-corrected chi connectivity index (χ4v) is 8.24. The summed E-state index contributed by atoms with van der Waals surface area (Å²) in [7, 11) is 1.37. The molecule has 2 heterocycles. The first kappa shape index (κ1) is 28.7. The van der Waals surface area contributed by atoms with E-state index in [4.69, 9.17) is 27.9 Å². The number of amides is 4. The number of rotatable bonds is 3. The van der Waals surface area contributed by atoms with E-state index in [1.54, 1.807) is 26.8 Å². The molecule has 4 amide bonds. The number of benzene rings is 2. The van der Waals surface area contributed by atoms with E-state index in [1.165, 1.54) is 36.3 Å². The van der Waals surface area contributed by atoms with Crippen molar-refractivity contribution in [1.82, 2.24) is 4.90 Å². The summed E-state index contributed by atoms with van der Waals surface area (Å²) in [5, 5.41) is 10.3. The van der Waals surface area contributed by atoms with Crippen LogP contribution in [0.25, 0.3) is 0 Å². The van der Waals surface area contributed by atoms with Gasteiger partial charge in [0.1, 0.15) is 5.82 Å². The van der Waals surface area contributed by atoms with Gasteiger partial charge in [0.25, 0.3) is 11.8 Å². The Kier molecular flexibility index (Phi) is 6.34. The third-order valence-electron chi connectivity index (χ3n) is 9.10. The molecule has 220 valence electrons. The Morgan fingerprint density at radius 2 is 1.64 bits per heavy atom. The van der Waals surface area contributed by atoms with Gasteiger partial charge in [0.05, 0.1) is 24.6 Å². The summed E-state index contributed by atoms with van der Waals surface area (Å²) in [6.07, 6.45) is 1.91. The Bertz CT molecular complexity index is 1590. The smallest absolute Gasteiger partial charge is 0.258 e. The lowest BCUT2D eigenvalue weighted by molar-refractivity contribution is -0.145. The summed E-state index contributed by atoms with van der Waals surface area (Å²) < 4.78 is 19.1. The fraction of sp³-hybridized carbons (Fsp3) is 0.419. The van der Waals surface area contributed by atoms with Gasteiger partial charge in [-0.2, -0.15) is 0 Å². The van der Waals surface area contributed by atoms with E-state index in [0.717, 1.165) is 17.0 Å². The number of allylic oxidation sites excluding steroid dienone is 2. The van der Waals surface area contributed by atoms with Gasteiger partial charge in [-0.3, -0.25) is 24.1 Å². The molecule has 2 aliphatic heterocycles. The van der Waals surface area contributed by atoms with Gasteiger partial charge in [-0.15, -0.1) is 23.2 Å². The monoisotopic (exact) mass is 614 g/mol. The number of phenolic OH excluding ortho intramolecular Hbond substituents is 1. The van der Waals surface area contributed by atoms with Crippen LogP contribution >= 0.6 is 23.2 Å². The molecule has 2 saturated heterocycles. The third kappa shape index (κ3) is 3.65. The van der Waals surface area contributed by atoms with Gasteiger partial charge in [0, 0.05) is 11.5 Å². The first-order valence-electron chi connectivity index (χ1n) is 13.6. The van der Waals surface area contributed by atoms with Gasteiger partial charge in [0.15, 0.2) is 21.2 Å². The maximum absolute atomic E-state index is 14.3. The van der Waals surface area contributed by atoms with Gasteiger partial charge >= 0.3 is 0 Å². The SMILES string of the molecule is COc1cc(C2C3=CCC4C(=O)N(C(C)(C)C)C(=O)C4C3CC3(Cl)C(=O)N(c4ccc(F)cc4)C(=O)C23Cl)ccc1O. The van der Waals surface area contributed by atoms with E-state index in [1.807, 2.05) is 6.08 Å². The standard InChI is InChI=1S/C31H29Cl2FN2O6/c1-29(2,3)36-25(38)19-11-10-18-20(23(19)26(36)39)14-30(32)27(40)35(17-8-6-16(34)7-9-17)28(41)31(30,33)24(18)15-5-12-21(37)22(13-15)42-4/h5-10,12-13,19-20,23-24,37H,11,14H2,1-4H3. The Labute approximate surface area is 252 Å². The van der Waals surface area contributed by atoms with E-state index in [0.29, 0.717) is 11.1 Å². The minimum atomic E-state index is -2.06. The van der Waals surface area contributed by atoms with E-state index in [-0.39, 0.29) is 41.8 Å². The Morgan fingerprint density at radius 3 is 2.26 bits per heavy atom. The van der Waals surface area contributed by atoms with Crippen LogP contribution in [-0.2, 0) is 19.2 Å². The second-order valence-corrected chi connectivity index (χ2v) is 13.6. The number of ether oxygens (including phenoxy) is 1. The molecule has 0 radical (unpaired) electrons. The first-order valence-corrected chi connectivity index (χ1v) is 14.4. The molecule has 6 atom stereocenters. The van der Waals surface area contributed by atoms with Crippen LogP contribution in [-0.4, -0.2) is 56.0 Å². The van der Waals surface area contributed by atoms with Crippen molar-refractivity contribution in [2.45, 2.75) is 54.8 Å². The number of aromatic hydroxyl groups is 1. The molecule has 11 heteroatoms. The fourth-order valence-electron chi connectivity index (χ4n) is 7.31. The van der Waals surface area contributed by atoms with E-state index < -0.39 is 56.6 Å². The number of likely N-dealkylation sites (tertiary alicyclic amines) is 1. The molecular formula is C31H29Cl2FN2O6. The molecular weight excluding hydrogens is 586 g/mol. The highest BCUT2D eigenvalue weighted by atomic mass is 35.5. The maximum atomic E-state index is 14.3. The van der Waals surface area contributed by atoms with Crippen LogP contribution in [0.3, 0.4) is 0 Å². The highest BCUT2D eigenvalue weighted by molar-refractivity contribution is 6.58. The van der Waals surface area contributed by atoms with Crippen molar-refractivity contribution < 1.29 is 33.4 Å². The minimum Gasteiger partial charge on any atom is -0.504 e. The maximum Gasteiger partial charge on any atom is 0.258 e. The number of carbonyl (C=O) groups is 4. The first-order chi connectivity index (χ1) is 19.7. The molecule has 3 fully saturated rings. The topological polar surface area (TPSA) is 104 Å². The minimum absolute atomic E-state index is 0.101. The van der Waals surface area contributed by atoms with Gasteiger partial charge < -0.3 is 9.84 Å².